The van der Waals surface area contributed by atoms with E-state index in [-0.39, 0.29) is 4.75 Å². The standard InChI is InChI=1S/C15H24N2O2S2/c1-11-7-12(2)14(8-13(11)9-16)21(18,19)17-5-6-20-15(3,4)10-17/h7-8H,5-6,9-10,16H2,1-4H3. The maximum atomic E-state index is 13.0. The van der Waals surface area contributed by atoms with Crippen LogP contribution in [0.15, 0.2) is 17.0 Å². The zero-order chi connectivity index (χ0) is 15.8. The molecule has 1 aromatic carbocycles. The fourth-order valence-electron chi connectivity index (χ4n) is 2.69. The van der Waals surface area contributed by atoms with E-state index < -0.39 is 10.0 Å². The van der Waals surface area contributed by atoms with Gasteiger partial charge in [0.25, 0.3) is 0 Å². The largest absolute Gasteiger partial charge is 0.326 e. The van der Waals surface area contributed by atoms with Gasteiger partial charge in [0.15, 0.2) is 0 Å². The van der Waals surface area contributed by atoms with Crippen LogP contribution >= 0.6 is 11.8 Å². The normalized spacial score (nSPS) is 19.7. The minimum atomic E-state index is -3.45. The lowest BCUT2D eigenvalue weighted by molar-refractivity contribution is 0.387. The molecule has 0 saturated carbocycles. The molecule has 1 heterocycles. The number of rotatable bonds is 3. The molecule has 6 heteroatoms. The van der Waals surface area contributed by atoms with Gasteiger partial charge < -0.3 is 5.73 Å². The van der Waals surface area contributed by atoms with E-state index in [1.807, 2.05) is 31.7 Å². The molecule has 1 saturated heterocycles. The molecular formula is C15H24N2O2S2. The maximum Gasteiger partial charge on any atom is 0.243 e. The van der Waals surface area contributed by atoms with Crippen molar-refractivity contribution in [3.05, 3.63) is 28.8 Å². The molecule has 21 heavy (non-hydrogen) atoms. The van der Waals surface area contributed by atoms with Crippen molar-refractivity contribution in [2.45, 2.75) is 43.9 Å². The smallest absolute Gasteiger partial charge is 0.243 e. The van der Waals surface area contributed by atoms with Crippen molar-refractivity contribution in [2.75, 3.05) is 18.8 Å². The second-order valence-corrected chi connectivity index (χ2v) is 9.90. The topological polar surface area (TPSA) is 63.4 Å². The van der Waals surface area contributed by atoms with Gasteiger partial charge in [-0.3, -0.25) is 0 Å². The van der Waals surface area contributed by atoms with Gasteiger partial charge in [0.2, 0.25) is 10.0 Å². The van der Waals surface area contributed by atoms with Crippen molar-refractivity contribution in [1.82, 2.24) is 4.31 Å². The Morgan fingerprint density at radius 1 is 1.29 bits per heavy atom. The zero-order valence-electron chi connectivity index (χ0n) is 13.1. The van der Waals surface area contributed by atoms with Gasteiger partial charge in [0.05, 0.1) is 4.90 Å². The molecule has 2 N–H and O–H groups in total. The number of nitrogens with zero attached hydrogens (tertiary/aromatic N) is 1. The van der Waals surface area contributed by atoms with Crippen LogP contribution < -0.4 is 5.73 Å². The number of hydrogen-bond acceptors (Lipinski definition) is 4. The summed E-state index contributed by atoms with van der Waals surface area (Å²) in [5, 5.41) is 0. The predicted octanol–water partition coefficient (Wildman–Crippen LogP) is 2.28. The van der Waals surface area contributed by atoms with Gasteiger partial charge in [-0.2, -0.15) is 16.1 Å². The molecule has 0 amide bonds. The molecule has 4 nitrogen and oxygen atoms in total. The van der Waals surface area contributed by atoms with E-state index in [2.05, 4.69) is 13.8 Å². The van der Waals surface area contributed by atoms with Crippen LogP contribution in [0, 0.1) is 13.8 Å². The Balaban J connectivity index is 2.44. The quantitative estimate of drug-likeness (QED) is 0.924. The van der Waals surface area contributed by atoms with Gasteiger partial charge in [-0.1, -0.05) is 6.07 Å². The van der Waals surface area contributed by atoms with E-state index in [4.69, 9.17) is 5.73 Å². The summed E-state index contributed by atoms with van der Waals surface area (Å²) in [5.74, 6) is 0.834. The second kappa shape index (κ2) is 5.91. The average molecular weight is 329 g/mol. The van der Waals surface area contributed by atoms with Crippen LogP contribution in [-0.4, -0.2) is 36.3 Å². The highest BCUT2D eigenvalue weighted by atomic mass is 32.2. The van der Waals surface area contributed by atoms with Gasteiger partial charge in [-0.25, -0.2) is 8.42 Å². The Hall–Kier alpha value is -0.560. The number of hydrogen-bond donors (Lipinski definition) is 1. The lowest BCUT2D eigenvalue weighted by Crippen LogP contribution is -2.46. The summed E-state index contributed by atoms with van der Waals surface area (Å²) < 4.78 is 27.5. The van der Waals surface area contributed by atoms with Crippen molar-refractivity contribution in [3.8, 4) is 0 Å². The third-order valence-electron chi connectivity index (χ3n) is 3.86. The van der Waals surface area contributed by atoms with Crippen LogP contribution in [0.3, 0.4) is 0 Å². The summed E-state index contributed by atoms with van der Waals surface area (Å²) in [7, 11) is -3.45. The highest BCUT2D eigenvalue weighted by Gasteiger charge is 2.35. The summed E-state index contributed by atoms with van der Waals surface area (Å²) in [4.78, 5) is 0.399. The van der Waals surface area contributed by atoms with Crippen molar-refractivity contribution >= 4 is 21.8 Å². The van der Waals surface area contributed by atoms with Gasteiger partial charge in [-0.15, -0.1) is 0 Å². The van der Waals surface area contributed by atoms with E-state index in [1.54, 1.807) is 10.4 Å². The molecule has 1 aliphatic heterocycles. The molecule has 2 rings (SSSR count). The number of thioether (sulfide) groups is 1. The number of sulfonamides is 1. The highest BCUT2D eigenvalue weighted by molar-refractivity contribution is 8.00. The van der Waals surface area contributed by atoms with E-state index in [0.717, 1.165) is 22.4 Å². The first-order chi connectivity index (χ1) is 9.67. The first-order valence-electron chi connectivity index (χ1n) is 7.12. The van der Waals surface area contributed by atoms with Crippen LogP contribution in [0.5, 0.6) is 0 Å². The van der Waals surface area contributed by atoms with Gasteiger partial charge in [0.1, 0.15) is 0 Å². The van der Waals surface area contributed by atoms with Crippen molar-refractivity contribution in [3.63, 3.8) is 0 Å². The fourth-order valence-corrected chi connectivity index (χ4v) is 5.86. The van der Waals surface area contributed by atoms with Crippen LogP contribution in [-0.2, 0) is 16.6 Å². The molecule has 0 spiro atoms. The van der Waals surface area contributed by atoms with Crippen molar-refractivity contribution < 1.29 is 8.42 Å². The zero-order valence-corrected chi connectivity index (χ0v) is 14.8. The van der Waals surface area contributed by atoms with E-state index in [0.29, 0.717) is 24.5 Å². The van der Waals surface area contributed by atoms with E-state index >= 15 is 0 Å². The molecular weight excluding hydrogens is 304 g/mol. The second-order valence-electron chi connectivity index (χ2n) is 6.20. The molecule has 0 aromatic heterocycles. The number of benzene rings is 1. The average Bonchev–Trinajstić information content (AvgIpc) is 2.37. The third kappa shape index (κ3) is 3.44. The maximum absolute atomic E-state index is 13.0. The lowest BCUT2D eigenvalue weighted by atomic mass is 10.1. The summed E-state index contributed by atoms with van der Waals surface area (Å²) >= 11 is 1.82. The highest BCUT2D eigenvalue weighted by Crippen LogP contribution is 2.33. The van der Waals surface area contributed by atoms with Crippen LogP contribution in [0.1, 0.15) is 30.5 Å². The van der Waals surface area contributed by atoms with Crippen molar-refractivity contribution in [1.29, 1.82) is 0 Å². The molecule has 1 aromatic rings. The van der Waals surface area contributed by atoms with E-state index in [9.17, 15) is 8.42 Å². The first kappa shape index (κ1) is 16.8. The first-order valence-corrected chi connectivity index (χ1v) is 9.54. The Morgan fingerprint density at radius 3 is 2.52 bits per heavy atom. The lowest BCUT2D eigenvalue weighted by Gasteiger charge is -2.37. The molecule has 0 unspecified atom stereocenters. The minimum absolute atomic E-state index is 0.0411. The number of aryl methyl sites for hydroxylation is 2. The van der Waals surface area contributed by atoms with Gasteiger partial charge in [-0.05, 0) is 50.5 Å². The Bertz CT molecular complexity index is 639. The third-order valence-corrected chi connectivity index (χ3v) is 7.15. The van der Waals surface area contributed by atoms with Gasteiger partial charge in [0, 0.05) is 30.1 Å². The number of nitrogens with two attached hydrogens (primary N) is 1. The molecule has 0 atom stereocenters. The fraction of sp³-hybridized carbons (Fsp3) is 0.600. The summed E-state index contributed by atoms with van der Waals surface area (Å²) in [6, 6.07) is 3.66. The van der Waals surface area contributed by atoms with Crippen molar-refractivity contribution in [2.24, 2.45) is 5.73 Å². The summed E-state index contributed by atoms with van der Waals surface area (Å²) in [6.45, 7) is 9.47. The van der Waals surface area contributed by atoms with Crippen LogP contribution in [0.25, 0.3) is 0 Å². The monoisotopic (exact) mass is 328 g/mol. The molecule has 0 radical (unpaired) electrons. The summed E-state index contributed by atoms with van der Waals surface area (Å²) in [5.41, 5.74) is 8.45. The predicted molar refractivity (Wildman–Crippen MR) is 89.1 cm³/mol. The molecule has 0 aliphatic carbocycles. The Labute approximate surface area is 132 Å². The van der Waals surface area contributed by atoms with E-state index in [1.165, 1.54) is 0 Å². The molecule has 1 fully saturated rings. The minimum Gasteiger partial charge on any atom is -0.326 e. The van der Waals surface area contributed by atoms with Crippen LogP contribution in [0.2, 0.25) is 0 Å². The Kier molecular flexibility index (Phi) is 4.73. The molecule has 1 aliphatic rings. The SMILES string of the molecule is Cc1cc(C)c(S(=O)(=O)N2CCSC(C)(C)C2)cc1CN. The van der Waals surface area contributed by atoms with Gasteiger partial charge >= 0.3 is 0 Å². The summed E-state index contributed by atoms with van der Waals surface area (Å²) in [6.07, 6.45) is 0. The molecule has 0 bridgehead atoms. The molecule has 118 valence electrons. The Morgan fingerprint density at radius 2 is 1.95 bits per heavy atom. The van der Waals surface area contributed by atoms with Crippen LogP contribution in [0.4, 0.5) is 0 Å².